The van der Waals surface area contributed by atoms with E-state index in [1.54, 1.807) is 0 Å². The van der Waals surface area contributed by atoms with Crippen LogP contribution in [0, 0.1) is 6.92 Å². The first-order chi connectivity index (χ1) is 7.65. The highest BCUT2D eigenvalue weighted by atomic mass is 35.5. The van der Waals surface area contributed by atoms with Crippen molar-refractivity contribution in [2.45, 2.75) is 44.4 Å². The van der Waals surface area contributed by atoms with Crippen molar-refractivity contribution in [1.82, 2.24) is 0 Å². The molecule has 1 fully saturated rings. The Kier molecular flexibility index (Phi) is 3.34. The molecule has 0 spiro atoms. The van der Waals surface area contributed by atoms with Crippen LogP contribution in [0.1, 0.15) is 43.2 Å². The van der Waals surface area contributed by atoms with Crippen LogP contribution in [0.5, 0.6) is 0 Å². The summed E-state index contributed by atoms with van der Waals surface area (Å²) in [6.07, 6.45) is 5.23. The highest BCUT2D eigenvalue weighted by Crippen LogP contribution is 2.41. The third-order valence-electron chi connectivity index (χ3n) is 3.65. The van der Waals surface area contributed by atoms with Gasteiger partial charge < -0.3 is 0 Å². The van der Waals surface area contributed by atoms with E-state index >= 15 is 0 Å². The van der Waals surface area contributed by atoms with Crippen LogP contribution in [-0.4, -0.2) is 5.24 Å². The first kappa shape index (κ1) is 11.7. The van der Waals surface area contributed by atoms with Gasteiger partial charge in [0, 0.05) is 0 Å². The van der Waals surface area contributed by atoms with Crippen LogP contribution in [-0.2, 0) is 10.2 Å². The second-order valence-corrected chi connectivity index (χ2v) is 5.13. The number of hydrogen-bond acceptors (Lipinski definition) is 1. The SMILES string of the molecule is Cc1cccc(C2(C(=O)Cl)CCCCC2)c1. The number of carbonyl (C=O) groups excluding carboxylic acids is 1. The van der Waals surface area contributed by atoms with Crippen LogP contribution < -0.4 is 0 Å². The van der Waals surface area contributed by atoms with Crippen molar-refractivity contribution in [3.8, 4) is 0 Å². The molecular formula is C14H17ClO. The minimum atomic E-state index is -0.411. The Labute approximate surface area is 102 Å². The lowest BCUT2D eigenvalue weighted by atomic mass is 9.70. The molecule has 0 aliphatic heterocycles. The van der Waals surface area contributed by atoms with E-state index in [0.29, 0.717) is 0 Å². The van der Waals surface area contributed by atoms with Crippen molar-refractivity contribution in [3.05, 3.63) is 35.4 Å². The quantitative estimate of drug-likeness (QED) is 0.711. The maximum Gasteiger partial charge on any atom is 0.232 e. The van der Waals surface area contributed by atoms with Gasteiger partial charge in [-0.15, -0.1) is 0 Å². The van der Waals surface area contributed by atoms with E-state index in [-0.39, 0.29) is 5.24 Å². The first-order valence-corrected chi connectivity index (χ1v) is 6.30. The number of benzene rings is 1. The molecule has 0 N–H and O–H groups in total. The lowest BCUT2D eigenvalue weighted by molar-refractivity contribution is -0.117. The van der Waals surface area contributed by atoms with Gasteiger partial charge in [0.05, 0.1) is 5.41 Å². The number of carbonyl (C=O) groups is 1. The maximum absolute atomic E-state index is 11.8. The van der Waals surface area contributed by atoms with Gasteiger partial charge in [-0.05, 0) is 36.9 Å². The molecule has 1 aliphatic carbocycles. The number of halogens is 1. The molecule has 0 radical (unpaired) electrons. The van der Waals surface area contributed by atoms with E-state index in [2.05, 4.69) is 19.1 Å². The topological polar surface area (TPSA) is 17.1 Å². The summed E-state index contributed by atoms with van der Waals surface area (Å²) in [6, 6.07) is 8.21. The molecule has 0 bridgehead atoms. The Bertz CT molecular complexity index is 391. The summed E-state index contributed by atoms with van der Waals surface area (Å²) >= 11 is 5.86. The molecule has 1 aromatic carbocycles. The smallest absolute Gasteiger partial charge is 0.232 e. The minimum Gasteiger partial charge on any atom is -0.280 e. The normalized spacial score (nSPS) is 19.4. The number of aryl methyl sites for hydroxylation is 1. The fourth-order valence-corrected chi connectivity index (χ4v) is 2.99. The van der Waals surface area contributed by atoms with E-state index in [9.17, 15) is 4.79 Å². The Morgan fingerprint density at radius 1 is 1.25 bits per heavy atom. The van der Waals surface area contributed by atoms with Crippen molar-refractivity contribution in [2.24, 2.45) is 0 Å². The number of hydrogen-bond donors (Lipinski definition) is 0. The van der Waals surface area contributed by atoms with Gasteiger partial charge >= 0.3 is 0 Å². The summed E-state index contributed by atoms with van der Waals surface area (Å²) < 4.78 is 0. The summed E-state index contributed by atoms with van der Waals surface area (Å²) in [5.74, 6) is 0. The average Bonchev–Trinajstić information content (AvgIpc) is 2.30. The molecule has 0 aromatic heterocycles. The highest BCUT2D eigenvalue weighted by molar-refractivity contribution is 6.65. The zero-order valence-electron chi connectivity index (χ0n) is 9.63. The molecule has 1 aliphatic rings. The molecule has 0 amide bonds. The molecule has 2 heteroatoms. The van der Waals surface area contributed by atoms with Gasteiger partial charge in [0.2, 0.25) is 5.24 Å². The largest absolute Gasteiger partial charge is 0.280 e. The molecule has 0 unspecified atom stereocenters. The minimum absolute atomic E-state index is 0.183. The van der Waals surface area contributed by atoms with Gasteiger partial charge in [0.25, 0.3) is 0 Å². The van der Waals surface area contributed by atoms with Crippen LogP contribution in [0.4, 0.5) is 0 Å². The summed E-state index contributed by atoms with van der Waals surface area (Å²) in [7, 11) is 0. The highest BCUT2D eigenvalue weighted by Gasteiger charge is 2.39. The first-order valence-electron chi connectivity index (χ1n) is 5.92. The van der Waals surface area contributed by atoms with E-state index in [1.807, 2.05) is 12.1 Å². The summed E-state index contributed by atoms with van der Waals surface area (Å²) in [5.41, 5.74) is 1.89. The van der Waals surface area contributed by atoms with Gasteiger partial charge in [-0.25, -0.2) is 0 Å². The van der Waals surface area contributed by atoms with Crippen molar-refractivity contribution in [2.75, 3.05) is 0 Å². The summed E-state index contributed by atoms with van der Waals surface area (Å²) in [5, 5.41) is -0.183. The standard InChI is InChI=1S/C14H17ClO/c1-11-6-5-7-12(10-11)14(13(15)16)8-3-2-4-9-14/h5-7,10H,2-4,8-9H2,1H3. The van der Waals surface area contributed by atoms with Crippen LogP contribution >= 0.6 is 11.6 Å². The number of rotatable bonds is 2. The lowest BCUT2D eigenvalue weighted by Gasteiger charge is -2.34. The van der Waals surface area contributed by atoms with Gasteiger partial charge in [-0.3, -0.25) is 4.79 Å². The van der Waals surface area contributed by atoms with E-state index in [0.717, 1.165) is 31.2 Å². The van der Waals surface area contributed by atoms with Crippen molar-refractivity contribution in [3.63, 3.8) is 0 Å². The second-order valence-electron chi connectivity index (χ2n) is 4.79. The zero-order valence-corrected chi connectivity index (χ0v) is 10.4. The molecule has 0 saturated heterocycles. The fourth-order valence-electron chi connectivity index (χ4n) is 2.70. The fraction of sp³-hybridized carbons (Fsp3) is 0.500. The monoisotopic (exact) mass is 236 g/mol. The van der Waals surface area contributed by atoms with Crippen LogP contribution in [0.2, 0.25) is 0 Å². The van der Waals surface area contributed by atoms with Crippen LogP contribution in [0.25, 0.3) is 0 Å². The maximum atomic E-state index is 11.8. The third-order valence-corrected chi connectivity index (χ3v) is 4.02. The Morgan fingerprint density at radius 3 is 2.50 bits per heavy atom. The molecular weight excluding hydrogens is 220 g/mol. The lowest BCUT2D eigenvalue weighted by Crippen LogP contribution is -2.35. The van der Waals surface area contributed by atoms with Crippen LogP contribution in [0.15, 0.2) is 24.3 Å². The molecule has 0 heterocycles. The Morgan fingerprint density at radius 2 is 1.94 bits per heavy atom. The molecule has 0 atom stereocenters. The molecule has 86 valence electrons. The van der Waals surface area contributed by atoms with E-state index in [1.165, 1.54) is 12.0 Å². The predicted molar refractivity (Wildman–Crippen MR) is 66.8 cm³/mol. The predicted octanol–water partition coefficient (Wildman–Crippen LogP) is 3.96. The Balaban J connectivity index is 2.42. The van der Waals surface area contributed by atoms with E-state index < -0.39 is 5.41 Å². The van der Waals surface area contributed by atoms with Crippen molar-refractivity contribution < 1.29 is 4.79 Å². The molecule has 1 aromatic rings. The third kappa shape index (κ3) is 2.01. The summed E-state index contributed by atoms with van der Waals surface area (Å²) in [4.78, 5) is 11.8. The van der Waals surface area contributed by atoms with Gasteiger partial charge in [-0.1, -0.05) is 49.1 Å². The van der Waals surface area contributed by atoms with Crippen LogP contribution in [0.3, 0.4) is 0 Å². The molecule has 16 heavy (non-hydrogen) atoms. The van der Waals surface area contributed by atoms with Crippen molar-refractivity contribution in [1.29, 1.82) is 0 Å². The van der Waals surface area contributed by atoms with Gasteiger partial charge in [-0.2, -0.15) is 0 Å². The van der Waals surface area contributed by atoms with Crippen molar-refractivity contribution >= 4 is 16.8 Å². The molecule has 1 nitrogen and oxygen atoms in total. The van der Waals surface area contributed by atoms with E-state index in [4.69, 9.17) is 11.6 Å². The van der Waals surface area contributed by atoms with Gasteiger partial charge in [0.1, 0.15) is 0 Å². The Hall–Kier alpha value is -0.820. The van der Waals surface area contributed by atoms with Gasteiger partial charge in [0.15, 0.2) is 0 Å². The summed E-state index contributed by atoms with van der Waals surface area (Å²) in [6.45, 7) is 2.05. The molecule has 2 rings (SSSR count). The zero-order chi connectivity index (χ0) is 11.6. The average molecular weight is 237 g/mol. The molecule has 1 saturated carbocycles. The second kappa shape index (κ2) is 4.58.